The Hall–Kier alpha value is -3.00. The number of benzene rings is 2. The Balaban J connectivity index is 2.32. The molecule has 0 aliphatic heterocycles. The van der Waals surface area contributed by atoms with Crippen LogP contribution >= 0.6 is 0 Å². The number of hydrogen-bond acceptors (Lipinski definition) is 4. The van der Waals surface area contributed by atoms with Gasteiger partial charge in [-0.1, -0.05) is 11.6 Å². The van der Waals surface area contributed by atoms with Crippen LogP contribution in [-0.4, -0.2) is 13.0 Å². The molecule has 2 aromatic rings. The van der Waals surface area contributed by atoms with E-state index in [0.717, 1.165) is 5.56 Å². The summed E-state index contributed by atoms with van der Waals surface area (Å²) in [6.45, 7) is 1.89. The number of nitriles is 1. The summed E-state index contributed by atoms with van der Waals surface area (Å²) in [6.07, 6.45) is 0. The first-order valence-electron chi connectivity index (χ1n) is 6.30. The highest BCUT2D eigenvalue weighted by molar-refractivity contribution is 6.08. The number of nitrogens with one attached hydrogen (secondary N) is 1. The zero-order valence-electron chi connectivity index (χ0n) is 11.8. The summed E-state index contributed by atoms with van der Waals surface area (Å²) in [7, 11) is 1.48. The van der Waals surface area contributed by atoms with Gasteiger partial charge in [0.2, 0.25) is 0 Å². The molecule has 0 spiro atoms. The third-order valence-electron chi connectivity index (χ3n) is 3.03. The number of nitrogens with zero attached hydrogens (tertiary/aromatic N) is 1. The Morgan fingerprint density at radius 3 is 2.71 bits per heavy atom. The second kappa shape index (κ2) is 5.97. The average Bonchev–Trinajstić information content (AvgIpc) is 2.49. The van der Waals surface area contributed by atoms with Gasteiger partial charge in [-0.05, 0) is 31.2 Å². The van der Waals surface area contributed by atoms with Gasteiger partial charge >= 0.3 is 0 Å². The molecule has 0 fully saturated rings. The third-order valence-corrected chi connectivity index (χ3v) is 3.03. The van der Waals surface area contributed by atoms with E-state index in [-0.39, 0.29) is 5.91 Å². The summed E-state index contributed by atoms with van der Waals surface area (Å²) < 4.78 is 5.18. The molecule has 0 aromatic heterocycles. The molecule has 0 aliphatic carbocycles. The van der Waals surface area contributed by atoms with Crippen molar-refractivity contribution in [2.24, 2.45) is 0 Å². The fraction of sp³-hybridized carbons (Fsp3) is 0.125. The number of carbonyl (C=O) groups excluding carboxylic acids is 1. The minimum atomic E-state index is -0.320. The number of anilines is 2. The molecule has 1 amide bonds. The van der Waals surface area contributed by atoms with E-state index in [4.69, 9.17) is 15.7 Å². The molecule has 0 unspecified atom stereocenters. The topological polar surface area (TPSA) is 88.1 Å². The minimum Gasteiger partial charge on any atom is -0.495 e. The maximum Gasteiger partial charge on any atom is 0.257 e. The Kier molecular flexibility index (Phi) is 4.10. The van der Waals surface area contributed by atoms with Crippen molar-refractivity contribution in [1.82, 2.24) is 0 Å². The summed E-state index contributed by atoms with van der Waals surface area (Å²) in [5, 5.41) is 11.6. The van der Waals surface area contributed by atoms with Crippen molar-refractivity contribution in [2.75, 3.05) is 18.2 Å². The molecular weight excluding hydrogens is 266 g/mol. The van der Waals surface area contributed by atoms with Gasteiger partial charge in [-0.2, -0.15) is 5.26 Å². The molecule has 0 aliphatic rings. The van der Waals surface area contributed by atoms with Crippen molar-refractivity contribution in [3.63, 3.8) is 0 Å². The molecular formula is C16H15N3O2. The Bertz CT molecular complexity index is 733. The van der Waals surface area contributed by atoms with Crippen LogP contribution in [0.2, 0.25) is 0 Å². The lowest BCUT2D eigenvalue weighted by atomic mass is 10.1. The van der Waals surface area contributed by atoms with Gasteiger partial charge in [0.05, 0.1) is 30.0 Å². The molecule has 0 atom stereocenters. The van der Waals surface area contributed by atoms with E-state index in [1.807, 2.05) is 19.1 Å². The maximum atomic E-state index is 12.3. The summed E-state index contributed by atoms with van der Waals surface area (Å²) >= 11 is 0. The Morgan fingerprint density at radius 1 is 1.29 bits per heavy atom. The number of ether oxygens (including phenoxy) is 1. The summed E-state index contributed by atoms with van der Waals surface area (Å²) in [5.74, 6) is 0.104. The van der Waals surface area contributed by atoms with Gasteiger partial charge in [0, 0.05) is 11.8 Å². The van der Waals surface area contributed by atoms with E-state index < -0.39 is 0 Å². The van der Waals surface area contributed by atoms with Crippen molar-refractivity contribution in [2.45, 2.75) is 6.92 Å². The van der Waals surface area contributed by atoms with Crippen LogP contribution in [0.25, 0.3) is 0 Å². The molecule has 5 nitrogen and oxygen atoms in total. The molecule has 5 heteroatoms. The van der Waals surface area contributed by atoms with Gasteiger partial charge in [0.1, 0.15) is 5.75 Å². The van der Waals surface area contributed by atoms with Gasteiger partial charge in [0.15, 0.2) is 0 Å². The molecule has 106 valence electrons. The molecule has 0 saturated heterocycles. The van der Waals surface area contributed by atoms with Gasteiger partial charge < -0.3 is 15.8 Å². The van der Waals surface area contributed by atoms with Crippen LogP contribution < -0.4 is 15.8 Å². The smallest absolute Gasteiger partial charge is 0.257 e. The predicted octanol–water partition coefficient (Wildman–Crippen LogP) is 2.71. The van der Waals surface area contributed by atoms with Crippen molar-refractivity contribution >= 4 is 17.3 Å². The SMILES string of the molecule is COc1cc(C#N)ccc1NC(=O)c1cc(C)ccc1N. The molecule has 21 heavy (non-hydrogen) atoms. The van der Waals surface area contributed by atoms with Crippen LogP contribution in [0, 0.1) is 18.3 Å². The maximum absolute atomic E-state index is 12.3. The second-order valence-corrected chi connectivity index (χ2v) is 4.57. The van der Waals surface area contributed by atoms with Crippen LogP contribution in [0.5, 0.6) is 5.75 Å². The molecule has 0 radical (unpaired) electrons. The first-order valence-corrected chi connectivity index (χ1v) is 6.30. The summed E-state index contributed by atoms with van der Waals surface area (Å²) in [6, 6.07) is 12.1. The monoisotopic (exact) mass is 281 g/mol. The predicted molar refractivity (Wildman–Crippen MR) is 81.3 cm³/mol. The average molecular weight is 281 g/mol. The molecule has 0 saturated carbocycles. The number of methoxy groups -OCH3 is 1. The molecule has 0 heterocycles. The highest BCUT2D eigenvalue weighted by Crippen LogP contribution is 2.26. The van der Waals surface area contributed by atoms with E-state index >= 15 is 0 Å². The molecule has 2 aromatic carbocycles. The number of rotatable bonds is 3. The van der Waals surface area contributed by atoms with E-state index in [2.05, 4.69) is 5.32 Å². The Labute approximate surface area is 123 Å². The lowest BCUT2D eigenvalue weighted by Crippen LogP contribution is -2.15. The molecule has 2 rings (SSSR count). The number of nitrogens with two attached hydrogens (primary N) is 1. The first kappa shape index (κ1) is 14.4. The summed E-state index contributed by atoms with van der Waals surface area (Å²) in [5.41, 5.74) is 8.53. The first-order chi connectivity index (χ1) is 10.0. The lowest BCUT2D eigenvalue weighted by Gasteiger charge is -2.12. The van der Waals surface area contributed by atoms with Gasteiger partial charge in [-0.15, -0.1) is 0 Å². The Morgan fingerprint density at radius 2 is 2.05 bits per heavy atom. The van der Waals surface area contributed by atoms with E-state index in [1.54, 1.807) is 30.3 Å². The van der Waals surface area contributed by atoms with Crippen molar-refractivity contribution in [3.8, 4) is 11.8 Å². The van der Waals surface area contributed by atoms with E-state index in [9.17, 15) is 4.79 Å². The number of nitrogen functional groups attached to an aromatic ring is 1. The van der Waals surface area contributed by atoms with Crippen LogP contribution in [0.1, 0.15) is 21.5 Å². The van der Waals surface area contributed by atoms with Crippen LogP contribution in [-0.2, 0) is 0 Å². The van der Waals surface area contributed by atoms with Crippen molar-refractivity contribution in [3.05, 3.63) is 53.1 Å². The van der Waals surface area contributed by atoms with Gasteiger partial charge in [-0.25, -0.2) is 0 Å². The standard InChI is InChI=1S/C16H15N3O2/c1-10-3-5-13(18)12(7-10)16(20)19-14-6-4-11(9-17)8-15(14)21-2/h3-8H,18H2,1-2H3,(H,19,20). The van der Waals surface area contributed by atoms with Gasteiger partial charge in [-0.3, -0.25) is 4.79 Å². The molecule has 3 N–H and O–H groups in total. The van der Waals surface area contributed by atoms with Crippen LogP contribution in [0.4, 0.5) is 11.4 Å². The van der Waals surface area contributed by atoms with Crippen molar-refractivity contribution < 1.29 is 9.53 Å². The third kappa shape index (κ3) is 3.12. The number of carbonyl (C=O) groups is 1. The zero-order valence-corrected chi connectivity index (χ0v) is 11.8. The highest BCUT2D eigenvalue weighted by Gasteiger charge is 2.13. The fourth-order valence-electron chi connectivity index (χ4n) is 1.92. The zero-order chi connectivity index (χ0) is 15.4. The van der Waals surface area contributed by atoms with E-state index in [0.29, 0.717) is 28.3 Å². The number of amides is 1. The number of hydrogen-bond donors (Lipinski definition) is 2. The van der Waals surface area contributed by atoms with Gasteiger partial charge in [0.25, 0.3) is 5.91 Å². The van der Waals surface area contributed by atoms with Crippen LogP contribution in [0.3, 0.4) is 0 Å². The minimum absolute atomic E-state index is 0.320. The van der Waals surface area contributed by atoms with E-state index in [1.165, 1.54) is 7.11 Å². The second-order valence-electron chi connectivity index (χ2n) is 4.57. The largest absolute Gasteiger partial charge is 0.495 e. The summed E-state index contributed by atoms with van der Waals surface area (Å²) in [4.78, 5) is 12.3. The van der Waals surface area contributed by atoms with Crippen LogP contribution in [0.15, 0.2) is 36.4 Å². The fourth-order valence-corrected chi connectivity index (χ4v) is 1.92. The molecule has 0 bridgehead atoms. The number of aryl methyl sites for hydroxylation is 1. The lowest BCUT2D eigenvalue weighted by molar-refractivity contribution is 0.102. The van der Waals surface area contributed by atoms with Crippen molar-refractivity contribution in [1.29, 1.82) is 5.26 Å². The quantitative estimate of drug-likeness (QED) is 0.847. The normalized spacial score (nSPS) is 9.76. The highest BCUT2D eigenvalue weighted by atomic mass is 16.5.